The van der Waals surface area contributed by atoms with Crippen molar-refractivity contribution in [2.75, 3.05) is 13.2 Å². The van der Waals surface area contributed by atoms with Crippen molar-refractivity contribution >= 4 is 33.3 Å². The molecule has 0 aromatic heterocycles. The molecule has 0 aliphatic carbocycles. The zero-order valence-corrected chi connectivity index (χ0v) is 24.4. The third kappa shape index (κ3) is 27.7. The van der Waals surface area contributed by atoms with Crippen molar-refractivity contribution in [2.24, 2.45) is 0 Å². The van der Waals surface area contributed by atoms with Crippen molar-refractivity contribution < 1.29 is 106 Å². The summed E-state index contributed by atoms with van der Waals surface area (Å²) in [7, 11) is -5.28. The second kappa shape index (κ2) is 25.3. The van der Waals surface area contributed by atoms with Gasteiger partial charge in [-0.15, -0.1) is 6.42 Å². The zero-order chi connectivity index (χ0) is 22.0. The number of hydrogen-bond acceptors (Lipinski definition) is 8. The van der Waals surface area contributed by atoms with Gasteiger partial charge in [-0.25, -0.2) is 4.79 Å². The maximum absolute atomic E-state index is 11.8. The van der Waals surface area contributed by atoms with Crippen LogP contribution >= 0.6 is 21.3 Å². The van der Waals surface area contributed by atoms with Gasteiger partial charge in [0, 0.05) is 20.9 Å². The van der Waals surface area contributed by atoms with Crippen molar-refractivity contribution in [3.05, 3.63) is 0 Å². The summed E-state index contributed by atoms with van der Waals surface area (Å²) in [6.45, 7) is 0.753. The number of phosphoric ester groups is 1. The quantitative estimate of drug-likeness (QED) is 0.0645. The second-order valence-electron chi connectivity index (χ2n) is 5.51. The molecule has 0 saturated carbocycles. The Morgan fingerprint density at radius 3 is 2.19 bits per heavy atom. The summed E-state index contributed by atoms with van der Waals surface area (Å²) >= 11 is 0. The molecule has 0 aliphatic rings. The van der Waals surface area contributed by atoms with Crippen molar-refractivity contribution in [2.45, 2.75) is 51.6 Å². The molecule has 0 bridgehead atoms. The summed E-state index contributed by atoms with van der Waals surface area (Å²) in [6.07, 6.45) is 8.27. The monoisotopic (exact) mass is 512 g/mol. The molecule has 0 aliphatic heterocycles. The van der Waals surface area contributed by atoms with Crippen LogP contribution in [-0.4, -0.2) is 31.3 Å². The second-order valence-corrected chi connectivity index (χ2v) is 6.66. The summed E-state index contributed by atoms with van der Waals surface area (Å²) in [4.78, 5) is 44.6. The standard InChI is InChI=1S/C20H23O8P.2Na.H2S.6H2/c1-3-5-7-9-11-12-14-19(21)26-16-18(17-27-29(23,24)25)28-20(22)15-13-10-8-6-4-2;;;;;;;;;/h1,18H,4,6,8,10,13,15-17H2,2H3,(H2,23,24,25);;;1H2;6*1H/q;2*+1;;;;;;;/p-2/t18-;;;;;;;;;/m0........./s1. The third-order valence-electron chi connectivity index (χ3n) is 3.09. The molecule has 0 unspecified atom stereocenters. The maximum Gasteiger partial charge on any atom is 1.00 e. The van der Waals surface area contributed by atoms with E-state index in [0.29, 0.717) is 6.42 Å². The third-order valence-corrected chi connectivity index (χ3v) is 3.55. The SMILES string of the molecule is C#CC#CC#CC#CC(=O)OC[C@@H](COP(=O)([O-])[O-])OC(=O)CCCCCCC.S.[HH].[HH].[HH].[HH].[HH].[HH].[Na+].[Na+]. The maximum atomic E-state index is 11.8. The smallest absolute Gasteiger partial charge is 0.790 e. The molecule has 0 saturated heterocycles. The van der Waals surface area contributed by atoms with Crippen LogP contribution in [0, 0.1) is 47.9 Å². The number of carbonyl (C=O) groups is 2. The van der Waals surface area contributed by atoms with Crippen LogP contribution in [0.25, 0.3) is 0 Å². The normalized spacial score (nSPS) is 9.56. The Morgan fingerprint density at radius 2 is 1.59 bits per heavy atom. The summed E-state index contributed by atoms with van der Waals surface area (Å²) in [5.41, 5.74) is 0. The van der Waals surface area contributed by atoms with Gasteiger partial charge in [0.1, 0.15) is 6.61 Å². The molecule has 12 heteroatoms. The fourth-order valence-electron chi connectivity index (χ4n) is 1.83. The average molecular weight is 513 g/mol. The number of ether oxygens (including phenoxy) is 2. The number of unbranched alkanes of at least 4 members (excludes halogenated alkanes) is 4. The minimum atomic E-state index is -5.28. The van der Waals surface area contributed by atoms with Crippen LogP contribution in [0.3, 0.4) is 0 Å². The van der Waals surface area contributed by atoms with E-state index in [4.69, 9.17) is 15.9 Å². The van der Waals surface area contributed by atoms with Gasteiger partial charge in [0.2, 0.25) is 0 Å². The molecule has 32 heavy (non-hydrogen) atoms. The van der Waals surface area contributed by atoms with E-state index in [1.807, 2.05) is 11.8 Å². The fourth-order valence-corrected chi connectivity index (χ4v) is 2.17. The van der Waals surface area contributed by atoms with E-state index >= 15 is 0 Å². The molecule has 0 rings (SSSR count). The fraction of sp³-hybridized carbons (Fsp3) is 0.500. The molecule has 0 radical (unpaired) electrons. The van der Waals surface area contributed by atoms with Gasteiger partial charge in [0.25, 0.3) is 0 Å². The molecule has 8 nitrogen and oxygen atoms in total. The Hall–Kier alpha value is -0.360. The van der Waals surface area contributed by atoms with Crippen molar-refractivity contribution in [1.82, 2.24) is 0 Å². The van der Waals surface area contributed by atoms with Gasteiger partial charge in [-0.1, -0.05) is 32.6 Å². The van der Waals surface area contributed by atoms with Crippen molar-refractivity contribution in [3.8, 4) is 47.9 Å². The van der Waals surface area contributed by atoms with Gasteiger partial charge in [-0.2, -0.15) is 13.5 Å². The van der Waals surface area contributed by atoms with Gasteiger partial charge in [0.15, 0.2) is 6.10 Å². The van der Waals surface area contributed by atoms with Gasteiger partial charge >= 0.3 is 71.1 Å². The molecule has 0 N–H and O–H groups in total. The topological polar surface area (TPSA) is 125 Å². The number of esters is 2. The van der Waals surface area contributed by atoms with E-state index in [-0.39, 0.29) is 87.6 Å². The van der Waals surface area contributed by atoms with Gasteiger partial charge in [-0.05, 0) is 41.9 Å². The number of terminal acetylenes is 1. The van der Waals surface area contributed by atoms with Crippen LogP contribution in [-0.2, 0) is 28.2 Å². The number of rotatable bonds is 12. The number of carbonyl (C=O) groups excluding carboxylic acids is 2. The molecule has 0 amide bonds. The molecule has 176 valence electrons. The largest absolute Gasteiger partial charge is 1.00 e. The van der Waals surface area contributed by atoms with Crippen LogP contribution in [0.2, 0.25) is 0 Å². The molecule has 0 fully saturated rings. The van der Waals surface area contributed by atoms with E-state index in [2.05, 4.69) is 41.0 Å². The van der Waals surface area contributed by atoms with Gasteiger partial charge < -0.3 is 28.3 Å². The Kier molecular flexibility index (Phi) is 30.7. The molecular formula is C20H35Na2O8PS. The Balaban J connectivity index is -0.000000109. The Labute approximate surface area is 249 Å². The average Bonchev–Trinajstić information content (AvgIpc) is 2.65. The molecule has 0 aromatic rings. The molecule has 0 heterocycles. The predicted molar refractivity (Wildman–Crippen MR) is 123 cm³/mol. The summed E-state index contributed by atoms with van der Waals surface area (Å²) in [5, 5.41) is 0. The van der Waals surface area contributed by atoms with Crippen LogP contribution in [0.1, 0.15) is 54.0 Å². The minimum Gasteiger partial charge on any atom is -0.790 e. The van der Waals surface area contributed by atoms with Crippen molar-refractivity contribution in [1.29, 1.82) is 0 Å². The minimum absolute atomic E-state index is 0. The van der Waals surface area contributed by atoms with Gasteiger partial charge in [-0.3, -0.25) is 4.79 Å². The molecule has 0 aromatic carbocycles. The van der Waals surface area contributed by atoms with Gasteiger partial charge in [0.05, 0.1) is 14.4 Å². The summed E-state index contributed by atoms with van der Waals surface area (Å²) in [6, 6.07) is 0. The van der Waals surface area contributed by atoms with E-state index in [1.165, 1.54) is 0 Å². The van der Waals surface area contributed by atoms with Crippen LogP contribution < -0.4 is 68.9 Å². The van der Waals surface area contributed by atoms with Crippen LogP contribution in [0.5, 0.6) is 0 Å². The Bertz CT molecular complexity index is 842. The van der Waals surface area contributed by atoms with Crippen LogP contribution in [0.4, 0.5) is 0 Å². The first-order chi connectivity index (χ1) is 13.8. The first-order valence-corrected chi connectivity index (χ1v) is 10.2. The van der Waals surface area contributed by atoms with E-state index in [0.717, 1.165) is 25.7 Å². The van der Waals surface area contributed by atoms with E-state index in [1.54, 1.807) is 0 Å². The first kappa shape index (κ1) is 38.9. The van der Waals surface area contributed by atoms with Crippen molar-refractivity contribution in [3.63, 3.8) is 0 Å². The molecular weight excluding hydrogens is 477 g/mol. The number of hydrogen-bond donors (Lipinski definition) is 0. The summed E-state index contributed by atoms with van der Waals surface area (Å²) < 4.78 is 24.5. The predicted octanol–water partition coefficient (Wildman–Crippen LogP) is -4.11. The van der Waals surface area contributed by atoms with E-state index in [9.17, 15) is 23.9 Å². The number of phosphoric acid groups is 1. The molecule has 0 spiro atoms. The first-order valence-electron chi connectivity index (χ1n) is 8.78. The van der Waals surface area contributed by atoms with E-state index < -0.39 is 39.1 Å². The Morgan fingerprint density at radius 1 is 1.00 bits per heavy atom. The zero-order valence-electron chi connectivity index (χ0n) is 18.5. The van der Waals surface area contributed by atoms with Crippen LogP contribution in [0.15, 0.2) is 0 Å². The molecule has 1 atom stereocenters. The summed E-state index contributed by atoms with van der Waals surface area (Å²) in [5.74, 6) is 13.6.